The van der Waals surface area contributed by atoms with Crippen LogP contribution in [0.2, 0.25) is 0 Å². The fourth-order valence-corrected chi connectivity index (χ4v) is 11.7. The van der Waals surface area contributed by atoms with Crippen molar-refractivity contribution in [2.24, 2.45) is 11.8 Å². The smallest absolute Gasteiger partial charge is 0.310 e. The molecule has 0 amide bonds. The summed E-state index contributed by atoms with van der Waals surface area (Å²) in [4.78, 5) is 56.9. The number of esters is 4. The Kier molecular flexibility index (Phi) is 22.1. The van der Waals surface area contributed by atoms with Gasteiger partial charge >= 0.3 is 23.9 Å². The first-order chi connectivity index (χ1) is 29.7. The Balaban J connectivity index is 1.69. The van der Waals surface area contributed by atoms with Gasteiger partial charge in [-0.05, 0) is 89.5 Å². The highest BCUT2D eigenvalue weighted by atomic mass is 16.6. The monoisotopic (exact) mass is 904 g/mol. The fraction of sp³-hybridized carbons (Fsp3) is 0.925. The Bertz CT molecular complexity index is 1410. The third-order valence-electron chi connectivity index (χ3n) is 13.4. The van der Waals surface area contributed by atoms with E-state index in [1.165, 1.54) is 83.5 Å². The molecule has 0 saturated carbocycles. The number of ether oxygens (including phenoxy) is 4. The van der Waals surface area contributed by atoms with E-state index in [2.05, 4.69) is 106 Å². The number of hydrogen-bond donors (Lipinski definition) is 3. The molecule has 0 aromatic heterocycles. The van der Waals surface area contributed by atoms with Gasteiger partial charge in [-0.3, -0.25) is 19.2 Å². The summed E-state index contributed by atoms with van der Waals surface area (Å²) in [5.74, 6) is -5.19. The highest BCUT2D eigenvalue weighted by molar-refractivity contribution is 5.88. The highest BCUT2D eigenvalue weighted by Gasteiger charge is 2.47. The molecule has 3 aliphatic rings. The molecule has 11 nitrogen and oxygen atoms in total. The van der Waals surface area contributed by atoms with Gasteiger partial charge in [0.2, 0.25) is 0 Å². The zero-order chi connectivity index (χ0) is 47.8. The van der Waals surface area contributed by atoms with Crippen molar-refractivity contribution in [2.45, 2.75) is 296 Å². The first kappa shape index (κ1) is 56.1. The molecule has 3 heterocycles. The number of nitrogens with one attached hydrogen (secondary N) is 3. The molecule has 0 aromatic rings. The molecule has 11 heteroatoms. The van der Waals surface area contributed by atoms with Crippen molar-refractivity contribution in [3.05, 3.63) is 0 Å². The van der Waals surface area contributed by atoms with Crippen LogP contribution in [0.4, 0.5) is 0 Å². The molecule has 0 radical (unpaired) electrons. The van der Waals surface area contributed by atoms with Crippen LogP contribution < -0.4 is 16.0 Å². The summed E-state index contributed by atoms with van der Waals surface area (Å²) in [6.45, 7) is 27.4. The molecule has 3 fully saturated rings. The van der Waals surface area contributed by atoms with E-state index in [1.54, 1.807) is 0 Å². The standard InChI is InChI=1S/C53H97N3O8/c1-14-15-16-17-18-19-20-21-22-23-24-25-26-27-28-29-30-61-44(57)31-42(46(59)63-40-35-50(6,7)55-51(8,9)36-40)43(47(60)64-41-37-52(10,11)56-53(12,13)38-41)32-45(58)62-39-33-48(2,3)54-49(4,5)34-39/h39-43,54-56H,14-38H2,1-13H3. The van der Waals surface area contributed by atoms with Crippen LogP contribution in [0.25, 0.3) is 0 Å². The third kappa shape index (κ3) is 22.0. The van der Waals surface area contributed by atoms with Crippen molar-refractivity contribution in [2.75, 3.05) is 6.61 Å². The summed E-state index contributed by atoms with van der Waals surface area (Å²) in [5, 5.41) is 10.9. The molecular formula is C53H97N3O8. The number of hydrogen-bond acceptors (Lipinski definition) is 11. The molecule has 2 unspecified atom stereocenters. The molecule has 3 rings (SSSR count). The topological polar surface area (TPSA) is 141 Å². The van der Waals surface area contributed by atoms with Crippen LogP contribution in [0, 0.1) is 11.8 Å². The second-order valence-corrected chi connectivity index (χ2v) is 24.3. The Morgan fingerprint density at radius 2 is 0.672 bits per heavy atom. The lowest BCUT2D eigenvalue weighted by Crippen LogP contribution is -2.60. The molecule has 3 aliphatic heterocycles. The number of carbonyl (C=O) groups is 4. The molecule has 0 spiro atoms. The molecule has 3 N–H and O–H groups in total. The summed E-state index contributed by atoms with van der Waals surface area (Å²) >= 11 is 0. The minimum Gasteiger partial charge on any atom is -0.466 e. The minimum atomic E-state index is -1.31. The van der Waals surface area contributed by atoms with E-state index >= 15 is 0 Å². The third-order valence-corrected chi connectivity index (χ3v) is 13.4. The quantitative estimate of drug-likeness (QED) is 0.0412. The number of rotatable bonds is 27. The van der Waals surface area contributed by atoms with Crippen LogP contribution in [-0.2, 0) is 38.1 Å². The van der Waals surface area contributed by atoms with E-state index in [0.717, 1.165) is 19.3 Å². The SMILES string of the molecule is CCCCCCCCCCCCCCCCCCOC(=O)CC(C(=O)OC1CC(C)(C)NC(C)(C)C1)C(CC(=O)OC1CC(C)(C)NC(C)(C)C1)C(=O)OC1CC(C)(C)NC(C)(C)C1. The zero-order valence-electron chi connectivity index (χ0n) is 43.3. The largest absolute Gasteiger partial charge is 0.466 e. The molecule has 2 atom stereocenters. The first-order valence-electron chi connectivity index (χ1n) is 25.8. The van der Waals surface area contributed by atoms with Crippen LogP contribution in [0.5, 0.6) is 0 Å². The average molecular weight is 904 g/mol. The summed E-state index contributed by atoms with van der Waals surface area (Å²) in [6.07, 6.45) is 21.2. The maximum atomic E-state index is 14.6. The van der Waals surface area contributed by atoms with Gasteiger partial charge in [0.15, 0.2) is 0 Å². The molecule has 372 valence electrons. The van der Waals surface area contributed by atoms with Crippen molar-refractivity contribution >= 4 is 23.9 Å². The Morgan fingerprint density at radius 3 is 0.984 bits per heavy atom. The fourth-order valence-electron chi connectivity index (χ4n) is 11.7. The van der Waals surface area contributed by atoms with Gasteiger partial charge in [0, 0.05) is 71.8 Å². The number of unbranched alkanes of at least 4 members (excludes halogenated alkanes) is 15. The van der Waals surface area contributed by atoms with E-state index in [9.17, 15) is 19.2 Å². The van der Waals surface area contributed by atoms with Crippen molar-refractivity contribution in [3.63, 3.8) is 0 Å². The Morgan fingerprint density at radius 1 is 0.406 bits per heavy atom. The van der Waals surface area contributed by atoms with Crippen LogP contribution in [0.1, 0.15) is 244 Å². The lowest BCUT2D eigenvalue weighted by Gasteiger charge is -2.46. The normalized spacial score (nSPS) is 22.5. The van der Waals surface area contributed by atoms with E-state index in [1.807, 2.05) is 0 Å². The maximum Gasteiger partial charge on any atom is 0.310 e. The van der Waals surface area contributed by atoms with Crippen LogP contribution in [-0.4, -0.2) is 82.0 Å². The summed E-state index contributed by atoms with van der Waals surface area (Å²) in [6, 6.07) is 0. The molecule has 3 saturated heterocycles. The molecule has 0 bridgehead atoms. The Labute approximate surface area is 390 Å². The number of piperidine rings is 3. The van der Waals surface area contributed by atoms with Crippen molar-refractivity contribution < 1.29 is 38.1 Å². The van der Waals surface area contributed by atoms with Crippen molar-refractivity contribution in [3.8, 4) is 0 Å². The van der Waals surface area contributed by atoms with Gasteiger partial charge in [-0.2, -0.15) is 0 Å². The van der Waals surface area contributed by atoms with Crippen LogP contribution in [0.3, 0.4) is 0 Å². The summed E-state index contributed by atoms with van der Waals surface area (Å²) < 4.78 is 24.5. The van der Waals surface area contributed by atoms with E-state index < -0.39 is 66.9 Å². The maximum absolute atomic E-state index is 14.6. The molecule has 64 heavy (non-hydrogen) atoms. The molecule has 0 aliphatic carbocycles. The van der Waals surface area contributed by atoms with Crippen molar-refractivity contribution in [1.82, 2.24) is 16.0 Å². The zero-order valence-corrected chi connectivity index (χ0v) is 43.3. The summed E-state index contributed by atoms with van der Waals surface area (Å²) in [5.41, 5.74) is -1.84. The van der Waals surface area contributed by atoms with Gasteiger partial charge < -0.3 is 34.9 Å². The van der Waals surface area contributed by atoms with E-state index in [-0.39, 0.29) is 39.8 Å². The summed E-state index contributed by atoms with van der Waals surface area (Å²) in [7, 11) is 0. The molecule has 0 aromatic carbocycles. The number of carbonyl (C=O) groups excluding carboxylic acids is 4. The van der Waals surface area contributed by atoms with Crippen LogP contribution >= 0.6 is 0 Å². The average Bonchev–Trinajstić information content (AvgIpc) is 3.10. The van der Waals surface area contributed by atoms with Gasteiger partial charge in [0.1, 0.15) is 18.3 Å². The van der Waals surface area contributed by atoms with Gasteiger partial charge in [0.05, 0.1) is 31.3 Å². The van der Waals surface area contributed by atoms with E-state index in [4.69, 9.17) is 18.9 Å². The van der Waals surface area contributed by atoms with Gasteiger partial charge in [-0.15, -0.1) is 0 Å². The minimum absolute atomic E-state index is 0.230. The second kappa shape index (κ2) is 25.2. The second-order valence-electron chi connectivity index (χ2n) is 24.3. The van der Waals surface area contributed by atoms with Gasteiger partial charge in [-0.25, -0.2) is 0 Å². The van der Waals surface area contributed by atoms with Gasteiger partial charge in [-0.1, -0.05) is 103 Å². The highest BCUT2D eigenvalue weighted by Crippen LogP contribution is 2.36. The predicted octanol–water partition coefficient (Wildman–Crippen LogP) is 11.4. The first-order valence-corrected chi connectivity index (χ1v) is 25.8. The Hall–Kier alpha value is -2.24. The lowest BCUT2D eigenvalue weighted by atomic mass is 9.80. The molecular weight excluding hydrogens is 807 g/mol. The predicted molar refractivity (Wildman–Crippen MR) is 258 cm³/mol. The van der Waals surface area contributed by atoms with Crippen molar-refractivity contribution in [1.29, 1.82) is 0 Å². The van der Waals surface area contributed by atoms with Gasteiger partial charge in [0.25, 0.3) is 0 Å². The van der Waals surface area contributed by atoms with Crippen LogP contribution in [0.15, 0.2) is 0 Å². The van der Waals surface area contributed by atoms with E-state index in [0.29, 0.717) is 38.5 Å². The lowest BCUT2D eigenvalue weighted by molar-refractivity contribution is -0.176.